The number of methoxy groups -OCH3 is 1. The average Bonchev–Trinajstić information content (AvgIpc) is 2.83. The molecular formula is C28H36N2O2. The smallest absolute Gasteiger partial charge is 0.224 e. The molecule has 0 radical (unpaired) electrons. The number of benzene rings is 2. The molecule has 2 aromatic rings. The number of rotatable bonds is 6. The van der Waals surface area contributed by atoms with Crippen molar-refractivity contribution in [1.82, 2.24) is 0 Å². The summed E-state index contributed by atoms with van der Waals surface area (Å²) in [7, 11) is 1.78. The lowest BCUT2D eigenvalue weighted by atomic mass is 9.52. The maximum atomic E-state index is 12.1. The van der Waals surface area contributed by atoms with E-state index in [1.54, 1.807) is 12.7 Å². The maximum absolute atomic E-state index is 12.1. The van der Waals surface area contributed by atoms with Gasteiger partial charge in [0.2, 0.25) is 5.91 Å². The summed E-state index contributed by atoms with van der Waals surface area (Å²) in [5, 5.41) is 3.05. The van der Waals surface area contributed by atoms with Gasteiger partial charge in [0, 0.05) is 35.8 Å². The first-order chi connectivity index (χ1) is 15.6. The number of amides is 1. The van der Waals surface area contributed by atoms with Gasteiger partial charge in [0.15, 0.2) is 0 Å². The fraction of sp³-hybridized carbons (Fsp3) is 0.536. The van der Waals surface area contributed by atoms with Gasteiger partial charge in [-0.15, -0.1) is 0 Å². The summed E-state index contributed by atoms with van der Waals surface area (Å²) in [6, 6.07) is 15.9. The molecule has 0 spiro atoms. The summed E-state index contributed by atoms with van der Waals surface area (Å²) in [6.45, 7) is 3.21. The van der Waals surface area contributed by atoms with Crippen molar-refractivity contribution in [2.75, 3.05) is 23.9 Å². The van der Waals surface area contributed by atoms with E-state index in [1.807, 2.05) is 0 Å². The maximum Gasteiger partial charge on any atom is 0.224 e. The first kappa shape index (κ1) is 21.4. The highest BCUT2D eigenvalue weighted by Crippen LogP contribution is 2.56. The molecule has 0 aromatic heterocycles. The van der Waals surface area contributed by atoms with Crippen LogP contribution in [0.3, 0.4) is 0 Å². The van der Waals surface area contributed by atoms with Crippen LogP contribution in [-0.2, 0) is 16.6 Å². The number of hydrogen-bond donors (Lipinski definition) is 1. The van der Waals surface area contributed by atoms with Crippen LogP contribution in [0.1, 0.15) is 69.4 Å². The third-order valence-corrected chi connectivity index (χ3v) is 8.28. The van der Waals surface area contributed by atoms with Crippen molar-refractivity contribution in [1.29, 1.82) is 0 Å². The van der Waals surface area contributed by atoms with Crippen molar-refractivity contribution in [2.24, 2.45) is 5.92 Å². The quantitative estimate of drug-likeness (QED) is 0.601. The number of nitrogens with zero attached hydrogens (tertiary/aromatic N) is 1. The molecule has 4 nitrogen and oxygen atoms in total. The van der Waals surface area contributed by atoms with Crippen LogP contribution >= 0.6 is 0 Å². The molecule has 1 saturated carbocycles. The van der Waals surface area contributed by atoms with Gasteiger partial charge < -0.3 is 15.0 Å². The van der Waals surface area contributed by atoms with Crippen LogP contribution in [0.5, 0.6) is 5.75 Å². The monoisotopic (exact) mass is 432 g/mol. The van der Waals surface area contributed by atoms with Gasteiger partial charge in [0.05, 0.1) is 7.11 Å². The van der Waals surface area contributed by atoms with E-state index >= 15 is 0 Å². The van der Waals surface area contributed by atoms with Gasteiger partial charge in [0.25, 0.3) is 0 Å². The van der Waals surface area contributed by atoms with Gasteiger partial charge in [-0.3, -0.25) is 4.79 Å². The number of fused-ring (bicyclic) bond motifs is 1. The van der Waals surface area contributed by atoms with Crippen LogP contribution in [0.25, 0.3) is 0 Å². The molecule has 1 heterocycles. The summed E-state index contributed by atoms with van der Waals surface area (Å²) in [5.74, 6) is 1.82. The molecule has 1 N–H and O–H groups in total. The van der Waals surface area contributed by atoms with E-state index in [4.69, 9.17) is 4.74 Å². The first-order valence-corrected chi connectivity index (χ1v) is 12.5. The molecule has 5 rings (SSSR count). The largest absolute Gasteiger partial charge is 0.497 e. The van der Waals surface area contributed by atoms with E-state index in [1.165, 1.54) is 43.4 Å². The molecular weight excluding hydrogens is 396 g/mol. The summed E-state index contributed by atoms with van der Waals surface area (Å²) >= 11 is 0. The van der Waals surface area contributed by atoms with Crippen molar-refractivity contribution < 1.29 is 9.53 Å². The topological polar surface area (TPSA) is 41.6 Å². The Morgan fingerprint density at radius 1 is 1.16 bits per heavy atom. The number of unbranched alkanes of at least 4 members (excludes halogenated alkanes) is 1. The Kier molecular flexibility index (Phi) is 5.88. The van der Waals surface area contributed by atoms with Gasteiger partial charge in [-0.2, -0.15) is 0 Å². The van der Waals surface area contributed by atoms with Crippen LogP contribution < -0.4 is 15.0 Å². The molecule has 2 aliphatic carbocycles. The van der Waals surface area contributed by atoms with Crippen molar-refractivity contribution in [3.05, 3.63) is 53.6 Å². The molecule has 3 atom stereocenters. The van der Waals surface area contributed by atoms with Crippen molar-refractivity contribution in [3.8, 4) is 5.75 Å². The van der Waals surface area contributed by atoms with E-state index < -0.39 is 0 Å². The minimum atomic E-state index is 0.115. The molecule has 170 valence electrons. The molecule has 1 saturated heterocycles. The zero-order chi connectivity index (χ0) is 22.1. The summed E-state index contributed by atoms with van der Waals surface area (Å²) in [5.41, 5.74) is 5.59. The molecule has 4 heteroatoms. The summed E-state index contributed by atoms with van der Waals surface area (Å²) < 4.78 is 5.60. The lowest BCUT2D eigenvalue weighted by molar-refractivity contribution is -0.116. The summed E-state index contributed by atoms with van der Waals surface area (Å²) in [6.07, 6.45) is 10.2. The van der Waals surface area contributed by atoms with Crippen molar-refractivity contribution in [2.45, 2.75) is 76.2 Å². The minimum absolute atomic E-state index is 0.115. The first-order valence-electron chi connectivity index (χ1n) is 12.5. The third kappa shape index (κ3) is 3.68. The number of anilines is 2. The Bertz CT molecular complexity index is 970. The molecule has 2 bridgehead atoms. The van der Waals surface area contributed by atoms with Crippen LogP contribution in [0.15, 0.2) is 42.5 Å². The second kappa shape index (κ2) is 8.80. The molecule has 32 heavy (non-hydrogen) atoms. The SMILES string of the molecule is CCCCC(=O)Nc1ccc(N2CC[C@@]34CCCC[C@@H]3[C@@H]2Cc2ccc(OC)cc24)cc1. The fourth-order valence-electron chi connectivity index (χ4n) is 6.73. The number of ether oxygens (including phenoxy) is 1. The Hall–Kier alpha value is -2.49. The number of nitrogens with one attached hydrogen (secondary N) is 1. The predicted molar refractivity (Wildman–Crippen MR) is 131 cm³/mol. The third-order valence-electron chi connectivity index (χ3n) is 8.28. The van der Waals surface area contributed by atoms with Gasteiger partial charge in [-0.1, -0.05) is 32.3 Å². The van der Waals surface area contributed by atoms with E-state index in [2.05, 4.69) is 59.6 Å². The molecule has 2 fully saturated rings. The molecule has 1 aliphatic heterocycles. The number of carbonyl (C=O) groups is 1. The molecule has 2 aromatic carbocycles. The Morgan fingerprint density at radius 3 is 2.78 bits per heavy atom. The second-order valence-electron chi connectivity index (χ2n) is 9.94. The van der Waals surface area contributed by atoms with Crippen LogP contribution in [0, 0.1) is 5.92 Å². The Labute approximate surface area is 192 Å². The van der Waals surface area contributed by atoms with Crippen molar-refractivity contribution >= 4 is 17.3 Å². The lowest BCUT2D eigenvalue weighted by Crippen LogP contribution is -2.61. The molecule has 3 aliphatic rings. The number of carbonyl (C=O) groups excluding carboxylic acids is 1. The van der Waals surface area contributed by atoms with Crippen LogP contribution in [-0.4, -0.2) is 25.6 Å². The lowest BCUT2D eigenvalue weighted by Gasteiger charge is -2.59. The van der Waals surface area contributed by atoms with E-state index in [0.29, 0.717) is 23.8 Å². The zero-order valence-corrected chi connectivity index (χ0v) is 19.5. The minimum Gasteiger partial charge on any atom is -0.497 e. The number of hydrogen-bond acceptors (Lipinski definition) is 3. The van der Waals surface area contributed by atoms with Gasteiger partial charge in [-0.05, 0) is 85.5 Å². The normalized spacial score (nSPS) is 26.1. The van der Waals surface area contributed by atoms with Crippen LogP contribution in [0.2, 0.25) is 0 Å². The van der Waals surface area contributed by atoms with E-state index in [0.717, 1.165) is 37.2 Å². The van der Waals surface area contributed by atoms with Crippen molar-refractivity contribution in [3.63, 3.8) is 0 Å². The standard InChI is InChI=1S/C28H36N2O2/c1-3-4-8-27(31)29-21-10-12-22(13-11-21)30-17-16-28-15-6-5-7-24(28)26(30)18-20-9-14-23(32-2)19-25(20)28/h9-14,19,24,26H,3-8,15-18H2,1-2H3,(H,29,31)/t24-,26+,28+/m1/s1. The van der Waals surface area contributed by atoms with E-state index in [-0.39, 0.29) is 5.91 Å². The Morgan fingerprint density at radius 2 is 2.00 bits per heavy atom. The van der Waals surface area contributed by atoms with E-state index in [9.17, 15) is 4.79 Å². The zero-order valence-electron chi connectivity index (χ0n) is 19.5. The second-order valence-corrected chi connectivity index (χ2v) is 9.94. The average molecular weight is 433 g/mol. The highest BCUT2D eigenvalue weighted by molar-refractivity contribution is 5.90. The van der Waals surface area contributed by atoms with Gasteiger partial charge in [0.1, 0.15) is 5.75 Å². The Balaban J connectivity index is 1.40. The van der Waals surface area contributed by atoms with Gasteiger partial charge in [-0.25, -0.2) is 0 Å². The van der Waals surface area contributed by atoms with Crippen LogP contribution in [0.4, 0.5) is 11.4 Å². The predicted octanol–water partition coefficient (Wildman–Crippen LogP) is 6.09. The van der Waals surface area contributed by atoms with Gasteiger partial charge >= 0.3 is 0 Å². The highest BCUT2D eigenvalue weighted by atomic mass is 16.5. The fourth-order valence-corrected chi connectivity index (χ4v) is 6.73. The highest BCUT2D eigenvalue weighted by Gasteiger charge is 2.53. The molecule has 0 unspecified atom stereocenters. The number of piperidine rings is 1. The molecule has 1 amide bonds. The summed E-state index contributed by atoms with van der Waals surface area (Å²) in [4.78, 5) is 14.7.